The average Bonchev–Trinajstić information content (AvgIpc) is 2.77. The molecule has 1 rings (SSSR count). The highest BCUT2D eigenvalue weighted by atomic mass is 16.6. The minimum atomic E-state index is -1.21. The number of esters is 2. The van der Waals surface area contributed by atoms with Crippen LogP contribution in [0.2, 0.25) is 0 Å². The van der Waals surface area contributed by atoms with Crippen LogP contribution in [-0.2, 0) is 35.2 Å². The van der Waals surface area contributed by atoms with Crippen molar-refractivity contribution in [2.24, 2.45) is 5.92 Å². The first-order chi connectivity index (χ1) is 15.8. The van der Waals surface area contributed by atoms with Crippen LogP contribution in [0.1, 0.15) is 53.0 Å². The van der Waals surface area contributed by atoms with Crippen LogP contribution >= 0.6 is 0 Å². The molecule has 0 spiro atoms. The number of likely N-dealkylation sites (N-methyl/N-ethyl adjacent to an activating group) is 2. The molecule has 0 aliphatic carbocycles. The standard InChI is InChI=1S/C25H38N2O7/c1-17(2)14-19(27(7)24(31)34-25(3,4)5)22(29)26(6)20(23(30)32-8)15-21(28)33-16-18-12-10-9-11-13-18/h9-13,17,19-20H,14-16H2,1-8H3. The maximum atomic E-state index is 13.4. The van der Waals surface area contributed by atoms with E-state index in [9.17, 15) is 19.2 Å². The Labute approximate surface area is 202 Å². The van der Waals surface area contributed by atoms with Gasteiger partial charge in [0.1, 0.15) is 24.3 Å². The number of carbonyl (C=O) groups is 4. The largest absolute Gasteiger partial charge is 0.467 e. The van der Waals surface area contributed by atoms with Crippen LogP contribution in [0.5, 0.6) is 0 Å². The summed E-state index contributed by atoms with van der Waals surface area (Å²) in [4.78, 5) is 53.4. The summed E-state index contributed by atoms with van der Waals surface area (Å²) < 4.78 is 15.5. The number of hydrogen-bond donors (Lipinski definition) is 0. The zero-order valence-electron chi connectivity index (χ0n) is 21.5. The van der Waals surface area contributed by atoms with Gasteiger partial charge in [0.05, 0.1) is 13.5 Å². The number of nitrogens with zero attached hydrogens (tertiary/aromatic N) is 2. The molecule has 1 aromatic carbocycles. The average molecular weight is 479 g/mol. The van der Waals surface area contributed by atoms with Gasteiger partial charge in [-0.05, 0) is 38.7 Å². The quantitative estimate of drug-likeness (QED) is 0.375. The summed E-state index contributed by atoms with van der Waals surface area (Å²) in [6.45, 7) is 9.09. The lowest BCUT2D eigenvalue weighted by Crippen LogP contribution is -2.54. The predicted molar refractivity (Wildman–Crippen MR) is 127 cm³/mol. The van der Waals surface area contributed by atoms with E-state index in [2.05, 4.69) is 0 Å². The van der Waals surface area contributed by atoms with Crippen LogP contribution < -0.4 is 0 Å². The summed E-state index contributed by atoms with van der Waals surface area (Å²) in [6.07, 6.45) is -0.700. The number of rotatable bonds is 10. The van der Waals surface area contributed by atoms with Gasteiger partial charge in [0, 0.05) is 14.1 Å². The van der Waals surface area contributed by atoms with Gasteiger partial charge in [-0.3, -0.25) is 14.5 Å². The molecule has 2 atom stereocenters. The number of hydrogen-bond acceptors (Lipinski definition) is 7. The number of methoxy groups -OCH3 is 1. The van der Waals surface area contributed by atoms with Gasteiger partial charge in [0.15, 0.2) is 0 Å². The van der Waals surface area contributed by atoms with Crippen LogP contribution in [0.25, 0.3) is 0 Å². The van der Waals surface area contributed by atoms with E-state index in [1.54, 1.807) is 20.8 Å². The molecule has 0 aliphatic heterocycles. The summed E-state index contributed by atoms with van der Waals surface area (Å²) in [5.41, 5.74) is 0.0607. The first-order valence-electron chi connectivity index (χ1n) is 11.3. The Hall–Kier alpha value is -3.10. The lowest BCUT2D eigenvalue weighted by molar-refractivity contribution is -0.159. The minimum Gasteiger partial charge on any atom is -0.467 e. The molecule has 34 heavy (non-hydrogen) atoms. The molecule has 0 aromatic heterocycles. The van der Waals surface area contributed by atoms with Crippen molar-refractivity contribution in [1.82, 2.24) is 9.80 Å². The maximum absolute atomic E-state index is 13.4. The van der Waals surface area contributed by atoms with Gasteiger partial charge in [-0.2, -0.15) is 0 Å². The highest BCUT2D eigenvalue weighted by Crippen LogP contribution is 2.19. The van der Waals surface area contributed by atoms with Gasteiger partial charge >= 0.3 is 18.0 Å². The van der Waals surface area contributed by atoms with E-state index in [-0.39, 0.29) is 18.9 Å². The zero-order chi connectivity index (χ0) is 26.1. The summed E-state index contributed by atoms with van der Waals surface area (Å²) >= 11 is 0. The SMILES string of the molecule is COC(=O)C(CC(=O)OCc1ccccc1)N(C)C(=O)C(CC(C)C)N(C)C(=O)OC(C)(C)C. The van der Waals surface area contributed by atoms with Crippen LogP contribution in [0.4, 0.5) is 4.79 Å². The monoisotopic (exact) mass is 478 g/mol. The molecule has 190 valence electrons. The topological polar surface area (TPSA) is 102 Å². The molecular weight excluding hydrogens is 440 g/mol. The van der Waals surface area contributed by atoms with Crippen LogP contribution in [0.3, 0.4) is 0 Å². The molecule has 2 amide bonds. The summed E-state index contributed by atoms with van der Waals surface area (Å²) in [5.74, 6) is -1.84. The first-order valence-corrected chi connectivity index (χ1v) is 11.3. The molecule has 0 aliphatic rings. The third kappa shape index (κ3) is 9.41. The van der Waals surface area contributed by atoms with E-state index >= 15 is 0 Å². The van der Waals surface area contributed by atoms with E-state index in [4.69, 9.17) is 14.2 Å². The van der Waals surface area contributed by atoms with Gasteiger partial charge in [0.25, 0.3) is 0 Å². The predicted octanol–water partition coefficient (Wildman–Crippen LogP) is 3.40. The van der Waals surface area contributed by atoms with E-state index in [0.717, 1.165) is 10.5 Å². The van der Waals surface area contributed by atoms with Crippen molar-refractivity contribution in [3.63, 3.8) is 0 Å². The van der Waals surface area contributed by atoms with Crippen LogP contribution in [0, 0.1) is 5.92 Å². The fourth-order valence-corrected chi connectivity index (χ4v) is 3.19. The van der Waals surface area contributed by atoms with E-state index in [0.29, 0.717) is 6.42 Å². The fraction of sp³-hybridized carbons (Fsp3) is 0.600. The molecule has 0 radical (unpaired) electrons. The molecule has 9 nitrogen and oxygen atoms in total. The maximum Gasteiger partial charge on any atom is 0.410 e. The van der Waals surface area contributed by atoms with Crippen molar-refractivity contribution in [2.75, 3.05) is 21.2 Å². The molecule has 0 fully saturated rings. The van der Waals surface area contributed by atoms with Gasteiger partial charge in [-0.25, -0.2) is 9.59 Å². The van der Waals surface area contributed by atoms with Crippen molar-refractivity contribution >= 4 is 23.9 Å². The van der Waals surface area contributed by atoms with Crippen molar-refractivity contribution < 1.29 is 33.4 Å². The second-order valence-corrected chi connectivity index (χ2v) is 9.58. The lowest BCUT2D eigenvalue weighted by Gasteiger charge is -2.35. The van der Waals surface area contributed by atoms with Crippen molar-refractivity contribution in [1.29, 1.82) is 0 Å². The van der Waals surface area contributed by atoms with Crippen LogP contribution in [0.15, 0.2) is 30.3 Å². The van der Waals surface area contributed by atoms with E-state index < -0.39 is 41.6 Å². The Balaban J connectivity index is 3.02. The number of ether oxygens (including phenoxy) is 3. The normalized spacial score (nSPS) is 13.0. The molecule has 9 heteroatoms. The second kappa shape index (κ2) is 13.0. The number of amides is 2. The van der Waals surface area contributed by atoms with Gasteiger partial charge in [-0.15, -0.1) is 0 Å². The molecule has 0 N–H and O–H groups in total. The van der Waals surface area contributed by atoms with Crippen molar-refractivity contribution in [2.45, 2.75) is 71.8 Å². The first kappa shape index (κ1) is 28.9. The Morgan fingerprint density at radius 3 is 2.03 bits per heavy atom. The van der Waals surface area contributed by atoms with Gasteiger partial charge in [0.2, 0.25) is 5.91 Å². The Morgan fingerprint density at radius 1 is 0.941 bits per heavy atom. The van der Waals surface area contributed by atoms with E-state index in [1.165, 1.54) is 26.1 Å². The van der Waals surface area contributed by atoms with Gasteiger partial charge < -0.3 is 19.1 Å². The molecule has 0 bridgehead atoms. The zero-order valence-corrected chi connectivity index (χ0v) is 21.5. The minimum absolute atomic E-state index is 0.0442. The molecule has 0 saturated carbocycles. The Kier molecular flexibility index (Phi) is 11.0. The summed E-state index contributed by atoms with van der Waals surface area (Å²) in [6, 6.07) is 7.01. The third-order valence-electron chi connectivity index (χ3n) is 5.02. The van der Waals surface area contributed by atoms with Crippen molar-refractivity contribution in [3.8, 4) is 0 Å². The molecule has 0 saturated heterocycles. The fourth-order valence-electron chi connectivity index (χ4n) is 3.19. The summed E-state index contributed by atoms with van der Waals surface area (Å²) in [5, 5.41) is 0. The second-order valence-electron chi connectivity index (χ2n) is 9.58. The number of benzene rings is 1. The van der Waals surface area contributed by atoms with E-state index in [1.807, 2.05) is 44.2 Å². The molecule has 1 aromatic rings. The van der Waals surface area contributed by atoms with Crippen LogP contribution in [-0.4, -0.2) is 72.6 Å². The van der Waals surface area contributed by atoms with Gasteiger partial charge in [-0.1, -0.05) is 44.2 Å². The summed E-state index contributed by atoms with van der Waals surface area (Å²) in [7, 11) is 4.07. The highest BCUT2D eigenvalue weighted by molar-refractivity contribution is 5.91. The third-order valence-corrected chi connectivity index (χ3v) is 5.02. The molecule has 0 heterocycles. The number of carbonyl (C=O) groups excluding carboxylic acids is 4. The highest BCUT2D eigenvalue weighted by Gasteiger charge is 2.38. The van der Waals surface area contributed by atoms with Crippen molar-refractivity contribution in [3.05, 3.63) is 35.9 Å². The Bertz CT molecular complexity index is 833. The lowest BCUT2D eigenvalue weighted by atomic mass is 10.0. The smallest absolute Gasteiger partial charge is 0.410 e. The Morgan fingerprint density at radius 2 is 1.53 bits per heavy atom. The molecular formula is C25H38N2O7. The molecule has 2 unspecified atom stereocenters.